The average molecular weight is 221 g/mol. The van der Waals surface area contributed by atoms with Crippen molar-refractivity contribution < 1.29 is 8.78 Å². The number of nitrogens with zero attached hydrogens (tertiary/aromatic N) is 1. The molecule has 1 unspecified atom stereocenters. The van der Waals surface area contributed by atoms with Crippen LogP contribution in [0.25, 0.3) is 0 Å². The summed E-state index contributed by atoms with van der Waals surface area (Å²) in [5, 5.41) is 2.94. The van der Waals surface area contributed by atoms with Gasteiger partial charge in [-0.3, -0.25) is 0 Å². The first kappa shape index (κ1) is 12.8. The molecule has 0 radical (unpaired) electrons. The van der Waals surface area contributed by atoms with Crippen molar-refractivity contribution in [3.05, 3.63) is 0 Å². The molecule has 0 saturated carbocycles. The molecular formula is C10H21F2N3. The van der Waals surface area contributed by atoms with E-state index < -0.39 is 6.43 Å². The third kappa shape index (κ3) is 4.01. The van der Waals surface area contributed by atoms with Crippen LogP contribution in [0.3, 0.4) is 0 Å². The van der Waals surface area contributed by atoms with Gasteiger partial charge in [-0.25, -0.2) is 8.78 Å². The van der Waals surface area contributed by atoms with Crippen molar-refractivity contribution in [1.29, 1.82) is 0 Å². The molecule has 1 rings (SSSR count). The zero-order valence-electron chi connectivity index (χ0n) is 9.31. The largest absolute Gasteiger partial charge is 0.329 e. The maximum absolute atomic E-state index is 12.2. The standard InChI is InChI=1S/C10H21F2N3/c1-15-5-2-3-10(8-13,4-6-15)14-7-9(11)12/h9,14H,2-8,13H2,1H3. The average Bonchev–Trinajstić information content (AvgIpc) is 2.39. The van der Waals surface area contributed by atoms with Gasteiger partial charge in [0, 0.05) is 12.1 Å². The molecule has 0 aromatic heterocycles. The minimum absolute atomic E-state index is 0.249. The van der Waals surface area contributed by atoms with Gasteiger partial charge in [0.1, 0.15) is 0 Å². The molecule has 1 fully saturated rings. The number of hydrogen-bond acceptors (Lipinski definition) is 3. The number of nitrogens with two attached hydrogens (primary N) is 1. The fourth-order valence-electron chi connectivity index (χ4n) is 2.08. The second kappa shape index (κ2) is 5.72. The predicted molar refractivity (Wildman–Crippen MR) is 57.1 cm³/mol. The summed E-state index contributed by atoms with van der Waals surface area (Å²) in [5.41, 5.74) is 5.44. The Balaban J connectivity index is 2.50. The fraction of sp³-hybridized carbons (Fsp3) is 1.00. The SMILES string of the molecule is CN1CCCC(CN)(NCC(F)F)CC1. The quantitative estimate of drug-likeness (QED) is 0.732. The maximum Gasteiger partial charge on any atom is 0.250 e. The molecule has 0 aromatic rings. The summed E-state index contributed by atoms with van der Waals surface area (Å²) in [6.45, 7) is 2.14. The third-order valence-corrected chi connectivity index (χ3v) is 3.19. The molecule has 1 atom stereocenters. The molecule has 1 aliphatic heterocycles. The van der Waals surface area contributed by atoms with Gasteiger partial charge in [-0.2, -0.15) is 0 Å². The Morgan fingerprint density at radius 2 is 2.13 bits per heavy atom. The van der Waals surface area contributed by atoms with Crippen molar-refractivity contribution in [2.45, 2.75) is 31.2 Å². The van der Waals surface area contributed by atoms with Crippen LogP contribution in [0.5, 0.6) is 0 Å². The Morgan fingerprint density at radius 3 is 2.73 bits per heavy atom. The monoisotopic (exact) mass is 221 g/mol. The van der Waals surface area contributed by atoms with Crippen LogP contribution < -0.4 is 11.1 Å². The van der Waals surface area contributed by atoms with E-state index >= 15 is 0 Å². The van der Waals surface area contributed by atoms with Crippen molar-refractivity contribution in [2.75, 3.05) is 33.2 Å². The highest BCUT2D eigenvalue weighted by Crippen LogP contribution is 2.21. The first-order valence-corrected chi connectivity index (χ1v) is 5.50. The molecule has 15 heavy (non-hydrogen) atoms. The van der Waals surface area contributed by atoms with Gasteiger partial charge in [-0.1, -0.05) is 0 Å². The zero-order valence-corrected chi connectivity index (χ0v) is 9.31. The van der Waals surface area contributed by atoms with Crippen molar-refractivity contribution in [3.8, 4) is 0 Å². The van der Waals surface area contributed by atoms with Crippen LogP contribution in [0.2, 0.25) is 0 Å². The van der Waals surface area contributed by atoms with Crippen LogP contribution in [0.4, 0.5) is 8.78 Å². The smallest absolute Gasteiger partial charge is 0.250 e. The Labute approximate surface area is 90.0 Å². The molecule has 1 heterocycles. The van der Waals surface area contributed by atoms with Gasteiger partial charge in [-0.15, -0.1) is 0 Å². The van der Waals surface area contributed by atoms with Gasteiger partial charge in [-0.05, 0) is 39.4 Å². The lowest BCUT2D eigenvalue weighted by atomic mass is 9.90. The molecule has 0 aromatic carbocycles. The van der Waals surface area contributed by atoms with E-state index in [-0.39, 0.29) is 12.1 Å². The second-order valence-corrected chi connectivity index (χ2v) is 4.41. The summed E-state index contributed by atoms with van der Waals surface area (Å²) in [6.07, 6.45) is 0.464. The third-order valence-electron chi connectivity index (χ3n) is 3.19. The number of hydrogen-bond donors (Lipinski definition) is 2. The lowest BCUT2D eigenvalue weighted by Crippen LogP contribution is -2.53. The van der Waals surface area contributed by atoms with E-state index in [9.17, 15) is 8.78 Å². The molecule has 0 amide bonds. The van der Waals surface area contributed by atoms with E-state index in [2.05, 4.69) is 17.3 Å². The van der Waals surface area contributed by atoms with Crippen molar-refractivity contribution >= 4 is 0 Å². The van der Waals surface area contributed by atoms with Gasteiger partial charge in [0.25, 0.3) is 6.43 Å². The number of alkyl halides is 2. The van der Waals surface area contributed by atoms with E-state index in [0.29, 0.717) is 6.54 Å². The summed E-state index contributed by atoms with van der Waals surface area (Å²) in [6, 6.07) is 0. The molecule has 5 heteroatoms. The van der Waals surface area contributed by atoms with E-state index in [1.54, 1.807) is 0 Å². The fourth-order valence-corrected chi connectivity index (χ4v) is 2.08. The molecule has 0 spiro atoms. The minimum Gasteiger partial charge on any atom is -0.329 e. The summed E-state index contributed by atoms with van der Waals surface area (Å²) in [5.74, 6) is 0. The number of rotatable bonds is 4. The topological polar surface area (TPSA) is 41.3 Å². The van der Waals surface area contributed by atoms with Crippen LogP contribution in [-0.4, -0.2) is 50.1 Å². The molecule has 1 aliphatic rings. The first-order chi connectivity index (χ1) is 7.08. The summed E-state index contributed by atoms with van der Waals surface area (Å²) < 4.78 is 24.3. The Kier molecular flexibility index (Phi) is 4.89. The van der Waals surface area contributed by atoms with Gasteiger partial charge in [0.2, 0.25) is 0 Å². The lowest BCUT2D eigenvalue weighted by Gasteiger charge is -2.32. The zero-order chi connectivity index (χ0) is 11.3. The molecule has 0 aliphatic carbocycles. The van der Waals surface area contributed by atoms with Crippen molar-refractivity contribution in [1.82, 2.24) is 10.2 Å². The van der Waals surface area contributed by atoms with Crippen molar-refractivity contribution in [3.63, 3.8) is 0 Å². The normalized spacial score (nSPS) is 29.4. The highest BCUT2D eigenvalue weighted by atomic mass is 19.3. The maximum atomic E-state index is 12.2. The highest BCUT2D eigenvalue weighted by molar-refractivity contribution is 4.92. The van der Waals surface area contributed by atoms with Gasteiger partial charge < -0.3 is 16.0 Å². The number of halogens is 2. The van der Waals surface area contributed by atoms with Crippen LogP contribution in [0.15, 0.2) is 0 Å². The summed E-state index contributed by atoms with van der Waals surface area (Å²) >= 11 is 0. The van der Waals surface area contributed by atoms with Crippen LogP contribution >= 0.6 is 0 Å². The second-order valence-electron chi connectivity index (χ2n) is 4.41. The summed E-state index contributed by atoms with van der Waals surface area (Å²) in [7, 11) is 2.06. The van der Waals surface area contributed by atoms with Crippen LogP contribution in [0.1, 0.15) is 19.3 Å². The molecule has 1 saturated heterocycles. The van der Waals surface area contributed by atoms with Crippen LogP contribution in [-0.2, 0) is 0 Å². The minimum atomic E-state index is -2.30. The first-order valence-electron chi connectivity index (χ1n) is 5.50. The van der Waals surface area contributed by atoms with E-state index in [0.717, 1.165) is 32.4 Å². The van der Waals surface area contributed by atoms with E-state index in [4.69, 9.17) is 5.73 Å². The number of likely N-dealkylation sites (tertiary alicyclic amines) is 1. The molecule has 3 nitrogen and oxygen atoms in total. The van der Waals surface area contributed by atoms with Gasteiger partial charge in [0.05, 0.1) is 6.54 Å². The number of nitrogens with one attached hydrogen (secondary N) is 1. The van der Waals surface area contributed by atoms with E-state index in [1.165, 1.54) is 0 Å². The molecule has 90 valence electrons. The van der Waals surface area contributed by atoms with Gasteiger partial charge in [0.15, 0.2) is 0 Å². The lowest BCUT2D eigenvalue weighted by molar-refractivity contribution is 0.126. The summed E-state index contributed by atoms with van der Waals surface area (Å²) in [4.78, 5) is 2.22. The Morgan fingerprint density at radius 1 is 1.40 bits per heavy atom. The van der Waals surface area contributed by atoms with Gasteiger partial charge >= 0.3 is 0 Å². The molecule has 3 N–H and O–H groups in total. The predicted octanol–water partition coefficient (Wildman–Crippen LogP) is 0.654. The highest BCUT2D eigenvalue weighted by Gasteiger charge is 2.30. The Bertz CT molecular complexity index is 190. The Hall–Kier alpha value is -0.260. The molecule has 0 bridgehead atoms. The van der Waals surface area contributed by atoms with E-state index in [1.807, 2.05) is 0 Å². The molecular weight excluding hydrogens is 200 g/mol. The van der Waals surface area contributed by atoms with Crippen LogP contribution in [0, 0.1) is 0 Å². The van der Waals surface area contributed by atoms with Crippen molar-refractivity contribution in [2.24, 2.45) is 5.73 Å².